The number of fused-ring (bicyclic) bond motifs is 1. The van der Waals surface area contributed by atoms with Gasteiger partial charge in [0.2, 0.25) is 0 Å². The molecule has 1 aromatic carbocycles. The summed E-state index contributed by atoms with van der Waals surface area (Å²) in [5.74, 6) is 2.37. The summed E-state index contributed by atoms with van der Waals surface area (Å²) in [6.45, 7) is 2.78. The number of benzene rings is 1. The Hall–Kier alpha value is -2.63. The number of aromatic nitrogens is 2. The molecule has 6 heteroatoms. The van der Waals surface area contributed by atoms with Gasteiger partial charge in [0.15, 0.2) is 0 Å². The monoisotopic (exact) mass is 420 g/mol. The Labute approximate surface area is 184 Å². The Morgan fingerprint density at radius 1 is 1.13 bits per heavy atom. The van der Waals surface area contributed by atoms with Crippen LogP contribution in [0.2, 0.25) is 0 Å². The van der Waals surface area contributed by atoms with Crippen molar-refractivity contribution in [2.75, 3.05) is 17.2 Å². The van der Waals surface area contributed by atoms with Gasteiger partial charge in [-0.3, -0.25) is 0 Å². The van der Waals surface area contributed by atoms with E-state index in [1.54, 1.807) is 12.5 Å². The van der Waals surface area contributed by atoms with Gasteiger partial charge in [0.25, 0.3) is 0 Å². The number of nitrogens with zero attached hydrogens (tertiary/aromatic N) is 2. The third kappa shape index (κ3) is 4.39. The second kappa shape index (κ2) is 8.48. The molecule has 2 aromatic rings. The van der Waals surface area contributed by atoms with Crippen LogP contribution in [0, 0.1) is 17.8 Å². The molecule has 6 rings (SSSR count). The Morgan fingerprint density at radius 3 is 2.68 bits per heavy atom. The van der Waals surface area contributed by atoms with Gasteiger partial charge in [-0.1, -0.05) is 0 Å². The fraction of sp³-hybridized carbons (Fsp3) is 0.560. The number of carbonyl (C=O) groups is 1. The standard InChI is InChI=1S/C25H32N4O2/c1-2-31-24(30)20-3-4-22(23(12-20)27-15-21-6-8-26-16-28-21)29-25-7-5-17-9-18(13-25)11-19(10-17)14-25/h3-4,6,8,12,16-19,27,29H,2,5,7,9-11,13-15H2,1H3. The van der Waals surface area contributed by atoms with Crippen LogP contribution in [0.5, 0.6) is 0 Å². The van der Waals surface area contributed by atoms with E-state index in [-0.39, 0.29) is 11.5 Å². The van der Waals surface area contributed by atoms with Crippen LogP contribution in [-0.2, 0) is 11.3 Å². The normalized spacial score (nSPS) is 28.7. The molecule has 0 radical (unpaired) electrons. The SMILES string of the molecule is CCOC(=O)c1ccc(NC23CCC4CC(CC(C4)C2)C3)c(NCc2ccncn2)c1. The second-order valence-electron chi connectivity index (χ2n) is 9.69. The van der Waals surface area contributed by atoms with Gasteiger partial charge in [-0.2, -0.15) is 0 Å². The highest BCUT2D eigenvalue weighted by Crippen LogP contribution is 2.54. The van der Waals surface area contributed by atoms with Gasteiger partial charge in [0, 0.05) is 11.7 Å². The van der Waals surface area contributed by atoms with E-state index in [2.05, 4.69) is 20.6 Å². The first-order valence-electron chi connectivity index (χ1n) is 11.7. The molecule has 6 nitrogen and oxygen atoms in total. The minimum Gasteiger partial charge on any atom is -0.462 e. The number of ether oxygens (including phenoxy) is 1. The maximum absolute atomic E-state index is 12.3. The minimum atomic E-state index is -0.287. The molecule has 4 saturated carbocycles. The lowest BCUT2D eigenvalue weighted by Crippen LogP contribution is -2.45. The fourth-order valence-electron chi connectivity index (χ4n) is 6.34. The fourth-order valence-corrected chi connectivity index (χ4v) is 6.34. The predicted molar refractivity (Wildman–Crippen MR) is 121 cm³/mol. The van der Waals surface area contributed by atoms with Gasteiger partial charge in [0.05, 0.1) is 35.8 Å². The quantitative estimate of drug-likeness (QED) is 0.612. The smallest absolute Gasteiger partial charge is 0.338 e. The van der Waals surface area contributed by atoms with Gasteiger partial charge in [-0.05, 0) is 93.9 Å². The number of carbonyl (C=O) groups excluding carboxylic acids is 1. The van der Waals surface area contributed by atoms with Crippen LogP contribution >= 0.6 is 0 Å². The van der Waals surface area contributed by atoms with Crippen molar-refractivity contribution < 1.29 is 9.53 Å². The zero-order valence-electron chi connectivity index (χ0n) is 18.3. The lowest BCUT2D eigenvalue weighted by atomic mass is 9.65. The molecule has 1 aromatic heterocycles. The van der Waals surface area contributed by atoms with E-state index in [0.29, 0.717) is 18.7 Å². The summed E-state index contributed by atoms with van der Waals surface area (Å²) in [5.41, 5.74) is 3.66. The molecule has 0 spiro atoms. The van der Waals surface area contributed by atoms with Crippen molar-refractivity contribution in [1.82, 2.24) is 9.97 Å². The Balaban J connectivity index is 1.42. The molecule has 1 heterocycles. The van der Waals surface area contributed by atoms with Crippen molar-refractivity contribution in [3.05, 3.63) is 48.0 Å². The number of rotatable bonds is 7. The number of esters is 1. The third-order valence-corrected chi connectivity index (χ3v) is 7.42. The molecular weight excluding hydrogens is 388 g/mol. The van der Waals surface area contributed by atoms with E-state index in [0.717, 1.165) is 34.8 Å². The number of anilines is 2. The number of hydrogen-bond acceptors (Lipinski definition) is 6. The molecule has 2 unspecified atom stereocenters. The van der Waals surface area contributed by atoms with Crippen LogP contribution in [0.25, 0.3) is 0 Å². The Bertz CT molecular complexity index is 918. The van der Waals surface area contributed by atoms with Crippen LogP contribution in [0.4, 0.5) is 11.4 Å². The zero-order chi connectivity index (χ0) is 21.3. The molecule has 0 amide bonds. The highest BCUT2D eigenvalue weighted by molar-refractivity contribution is 5.92. The molecule has 4 aliphatic carbocycles. The first kappa shape index (κ1) is 20.3. The van der Waals surface area contributed by atoms with Crippen molar-refractivity contribution in [3.63, 3.8) is 0 Å². The van der Waals surface area contributed by atoms with Crippen LogP contribution in [0.15, 0.2) is 36.8 Å². The van der Waals surface area contributed by atoms with Gasteiger partial charge in [-0.15, -0.1) is 0 Å². The zero-order valence-corrected chi connectivity index (χ0v) is 18.3. The summed E-state index contributed by atoms with van der Waals surface area (Å²) in [6.07, 6.45) is 12.7. The van der Waals surface area contributed by atoms with Crippen LogP contribution < -0.4 is 10.6 Å². The molecule has 4 aliphatic rings. The van der Waals surface area contributed by atoms with Crippen LogP contribution in [0.3, 0.4) is 0 Å². The molecule has 0 aliphatic heterocycles. The lowest BCUT2D eigenvalue weighted by Gasteiger charge is -2.46. The maximum Gasteiger partial charge on any atom is 0.338 e. The average molecular weight is 421 g/mol. The van der Waals surface area contributed by atoms with Gasteiger partial charge >= 0.3 is 5.97 Å². The van der Waals surface area contributed by atoms with Crippen molar-refractivity contribution >= 4 is 17.3 Å². The molecule has 0 saturated heterocycles. The summed E-state index contributed by atoms with van der Waals surface area (Å²) in [5, 5.41) is 7.48. The van der Waals surface area contributed by atoms with E-state index in [1.165, 1.54) is 44.9 Å². The third-order valence-electron chi connectivity index (χ3n) is 7.42. The van der Waals surface area contributed by atoms with Gasteiger partial charge in [-0.25, -0.2) is 14.8 Å². The topological polar surface area (TPSA) is 76.1 Å². The molecule has 2 atom stereocenters. The van der Waals surface area contributed by atoms with E-state index >= 15 is 0 Å². The molecular formula is C25H32N4O2. The summed E-state index contributed by atoms with van der Waals surface area (Å²) in [4.78, 5) is 20.7. The average Bonchev–Trinajstić information content (AvgIpc) is 2.97. The number of nitrogens with one attached hydrogen (secondary N) is 2. The molecule has 4 bridgehead atoms. The van der Waals surface area contributed by atoms with Crippen molar-refractivity contribution in [2.24, 2.45) is 17.8 Å². The highest BCUT2D eigenvalue weighted by Gasteiger charge is 2.47. The van der Waals surface area contributed by atoms with Crippen molar-refractivity contribution in [1.29, 1.82) is 0 Å². The lowest BCUT2D eigenvalue weighted by molar-refractivity contribution is 0.0526. The molecule has 31 heavy (non-hydrogen) atoms. The molecule has 2 N–H and O–H groups in total. The first-order valence-corrected chi connectivity index (χ1v) is 11.7. The minimum absolute atomic E-state index is 0.176. The summed E-state index contributed by atoms with van der Waals surface area (Å²) < 4.78 is 5.23. The van der Waals surface area contributed by atoms with Gasteiger partial charge in [0.1, 0.15) is 6.33 Å². The molecule has 4 fully saturated rings. The van der Waals surface area contributed by atoms with Crippen LogP contribution in [-0.4, -0.2) is 28.1 Å². The summed E-state index contributed by atoms with van der Waals surface area (Å²) in [6, 6.07) is 7.74. The Morgan fingerprint density at radius 2 is 1.94 bits per heavy atom. The predicted octanol–water partition coefficient (Wildman–Crippen LogP) is 5.04. The van der Waals surface area contributed by atoms with Crippen molar-refractivity contribution in [3.8, 4) is 0 Å². The van der Waals surface area contributed by atoms with Crippen LogP contribution in [0.1, 0.15) is 67.9 Å². The first-order chi connectivity index (χ1) is 15.1. The molecule has 164 valence electrons. The largest absolute Gasteiger partial charge is 0.462 e. The van der Waals surface area contributed by atoms with E-state index < -0.39 is 0 Å². The second-order valence-corrected chi connectivity index (χ2v) is 9.69. The van der Waals surface area contributed by atoms with Crippen molar-refractivity contribution in [2.45, 2.75) is 64.0 Å². The summed E-state index contributed by atoms with van der Waals surface area (Å²) in [7, 11) is 0. The van der Waals surface area contributed by atoms with E-state index in [4.69, 9.17) is 4.74 Å². The van der Waals surface area contributed by atoms with E-state index in [1.807, 2.05) is 31.2 Å². The highest BCUT2D eigenvalue weighted by atomic mass is 16.5. The number of hydrogen-bond donors (Lipinski definition) is 2. The Kier molecular flexibility index (Phi) is 5.55. The van der Waals surface area contributed by atoms with Gasteiger partial charge < -0.3 is 15.4 Å². The summed E-state index contributed by atoms with van der Waals surface area (Å²) >= 11 is 0. The maximum atomic E-state index is 12.3. The van der Waals surface area contributed by atoms with E-state index in [9.17, 15) is 4.79 Å².